The molecule has 0 bridgehead atoms. The van der Waals surface area contributed by atoms with Crippen molar-refractivity contribution in [1.82, 2.24) is 5.32 Å². The van der Waals surface area contributed by atoms with Crippen LogP contribution in [0.25, 0.3) is 0 Å². The molecule has 19 heavy (non-hydrogen) atoms. The minimum Gasteiger partial charge on any atom is -0.355 e. The summed E-state index contributed by atoms with van der Waals surface area (Å²) < 4.78 is 0. The Morgan fingerprint density at radius 3 is 2.42 bits per heavy atom. The first-order valence-corrected chi connectivity index (χ1v) is 7.14. The van der Waals surface area contributed by atoms with Crippen LogP contribution in [0.1, 0.15) is 43.7 Å². The van der Waals surface area contributed by atoms with E-state index in [2.05, 4.69) is 43.4 Å². The quantitative estimate of drug-likeness (QED) is 0.824. The van der Waals surface area contributed by atoms with Crippen LogP contribution in [0.15, 0.2) is 24.3 Å². The Bertz CT molecular complexity index is 433. The number of hydrogen-bond donors (Lipinski definition) is 2. The SMILES string of the molecule is CC(C)c1ccc(CCNC(=O)C2(CN)CC2)cc1. The largest absolute Gasteiger partial charge is 0.355 e. The fourth-order valence-corrected chi connectivity index (χ4v) is 2.25. The third kappa shape index (κ3) is 3.35. The van der Waals surface area contributed by atoms with Crippen molar-refractivity contribution in [3.05, 3.63) is 35.4 Å². The number of hydrogen-bond acceptors (Lipinski definition) is 2. The van der Waals surface area contributed by atoms with Crippen molar-refractivity contribution in [2.45, 2.75) is 39.0 Å². The summed E-state index contributed by atoms with van der Waals surface area (Å²) >= 11 is 0. The van der Waals surface area contributed by atoms with E-state index in [1.807, 2.05) is 0 Å². The van der Waals surface area contributed by atoms with Crippen molar-refractivity contribution in [3.63, 3.8) is 0 Å². The summed E-state index contributed by atoms with van der Waals surface area (Å²) in [5, 5.41) is 3.00. The van der Waals surface area contributed by atoms with Gasteiger partial charge in [0.05, 0.1) is 5.41 Å². The van der Waals surface area contributed by atoms with E-state index in [4.69, 9.17) is 5.73 Å². The normalized spacial score (nSPS) is 16.4. The highest BCUT2D eigenvalue weighted by Crippen LogP contribution is 2.44. The van der Waals surface area contributed by atoms with Crippen LogP contribution in [0.2, 0.25) is 0 Å². The molecule has 1 saturated carbocycles. The van der Waals surface area contributed by atoms with Crippen molar-refractivity contribution >= 4 is 5.91 Å². The zero-order chi connectivity index (χ0) is 13.9. The van der Waals surface area contributed by atoms with Crippen LogP contribution in [0.5, 0.6) is 0 Å². The first-order valence-electron chi connectivity index (χ1n) is 7.14. The number of carbonyl (C=O) groups excluding carboxylic acids is 1. The number of carbonyl (C=O) groups is 1. The third-order valence-corrected chi connectivity index (χ3v) is 4.07. The number of amides is 1. The lowest BCUT2D eigenvalue weighted by molar-refractivity contribution is -0.125. The Morgan fingerprint density at radius 1 is 1.32 bits per heavy atom. The van der Waals surface area contributed by atoms with E-state index in [0.29, 0.717) is 19.0 Å². The summed E-state index contributed by atoms with van der Waals surface area (Å²) in [6, 6.07) is 8.64. The highest BCUT2D eigenvalue weighted by atomic mass is 16.2. The summed E-state index contributed by atoms with van der Waals surface area (Å²) in [6.07, 6.45) is 2.77. The molecule has 0 spiro atoms. The van der Waals surface area contributed by atoms with Crippen LogP contribution >= 0.6 is 0 Å². The second-order valence-corrected chi connectivity index (χ2v) is 5.89. The van der Waals surface area contributed by atoms with Crippen LogP contribution in [-0.2, 0) is 11.2 Å². The predicted molar refractivity (Wildman–Crippen MR) is 78.0 cm³/mol. The minimum absolute atomic E-state index is 0.133. The van der Waals surface area contributed by atoms with Crippen molar-refractivity contribution in [2.24, 2.45) is 11.1 Å². The van der Waals surface area contributed by atoms with Gasteiger partial charge in [0.2, 0.25) is 5.91 Å². The Hall–Kier alpha value is -1.35. The van der Waals surface area contributed by atoms with Gasteiger partial charge in [0.15, 0.2) is 0 Å². The number of benzene rings is 1. The van der Waals surface area contributed by atoms with E-state index in [1.54, 1.807) is 0 Å². The maximum atomic E-state index is 11.9. The molecule has 0 aliphatic heterocycles. The molecule has 2 rings (SSSR count). The van der Waals surface area contributed by atoms with Crippen LogP contribution in [0.3, 0.4) is 0 Å². The van der Waals surface area contributed by atoms with Gasteiger partial charge in [-0.15, -0.1) is 0 Å². The summed E-state index contributed by atoms with van der Waals surface area (Å²) in [4.78, 5) is 11.9. The Labute approximate surface area is 115 Å². The van der Waals surface area contributed by atoms with Crippen molar-refractivity contribution in [1.29, 1.82) is 0 Å². The maximum Gasteiger partial charge on any atom is 0.227 e. The molecule has 1 aromatic carbocycles. The van der Waals surface area contributed by atoms with E-state index in [-0.39, 0.29) is 11.3 Å². The van der Waals surface area contributed by atoms with Crippen LogP contribution in [0.4, 0.5) is 0 Å². The van der Waals surface area contributed by atoms with Gasteiger partial charge in [-0.2, -0.15) is 0 Å². The van der Waals surface area contributed by atoms with Crippen molar-refractivity contribution in [3.8, 4) is 0 Å². The van der Waals surface area contributed by atoms with Gasteiger partial charge < -0.3 is 11.1 Å². The number of rotatable bonds is 6. The smallest absolute Gasteiger partial charge is 0.227 e. The summed E-state index contributed by atoms with van der Waals surface area (Å²) in [7, 11) is 0. The number of nitrogens with one attached hydrogen (secondary N) is 1. The van der Waals surface area contributed by atoms with Gasteiger partial charge in [0.25, 0.3) is 0 Å². The molecule has 0 radical (unpaired) electrons. The van der Waals surface area contributed by atoms with E-state index in [9.17, 15) is 4.79 Å². The molecule has 0 unspecified atom stereocenters. The molecule has 1 amide bonds. The maximum absolute atomic E-state index is 11.9. The fourth-order valence-electron chi connectivity index (χ4n) is 2.25. The average molecular weight is 260 g/mol. The van der Waals surface area contributed by atoms with Crippen LogP contribution < -0.4 is 11.1 Å². The Kier molecular flexibility index (Phi) is 4.25. The average Bonchev–Trinajstić information content (AvgIpc) is 3.20. The highest BCUT2D eigenvalue weighted by molar-refractivity contribution is 5.85. The molecule has 3 N–H and O–H groups in total. The summed E-state index contributed by atoms with van der Waals surface area (Å²) in [5.74, 6) is 0.696. The number of nitrogens with two attached hydrogens (primary N) is 1. The van der Waals surface area contributed by atoms with Gasteiger partial charge in [0.1, 0.15) is 0 Å². The van der Waals surface area contributed by atoms with E-state index in [0.717, 1.165) is 19.3 Å². The first kappa shape index (κ1) is 14.1. The van der Waals surface area contributed by atoms with Gasteiger partial charge in [0, 0.05) is 13.1 Å². The Morgan fingerprint density at radius 2 is 1.95 bits per heavy atom. The molecule has 0 aromatic heterocycles. The molecule has 1 aliphatic rings. The molecule has 104 valence electrons. The molecular formula is C16H24N2O. The molecule has 0 heterocycles. The minimum atomic E-state index is -0.235. The molecular weight excluding hydrogens is 236 g/mol. The zero-order valence-electron chi connectivity index (χ0n) is 11.9. The summed E-state index contributed by atoms with van der Waals surface area (Å²) in [5.41, 5.74) is 8.02. The van der Waals surface area contributed by atoms with E-state index < -0.39 is 0 Å². The molecule has 0 saturated heterocycles. The molecule has 3 heteroatoms. The molecule has 3 nitrogen and oxygen atoms in total. The van der Waals surface area contributed by atoms with Crippen LogP contribution in [0, 0.1) is 5.41 Å². The van der Waals surface area contributed by atoms with Crippen molar-refractivity contribution in [2.75, 3.05) is 13.1 Å². The Balaban J connectivity index is 1.78. The van der Waals surface area contributed by atoms with E-state index >= 15 is 0 Å². The topological polar surface area (TPSA) is 55.1 Å². The predicted octanol–water partition coefficient (Wildman–Crippen LogP) is 2.21. The third-order valence-electron chi connectivity index (χ3n) is 4.07. The lowest BCUT2D eigenvalue weighted by Crippen LogP contribution is -2.37. The van der Waals surface area contributed by atoms with Gasteiger partial charge in [-0.3, -0.25) is 4.79 Å². The fraction of sp³-hybridized carbons (Fsp3) is 0.562. The lowest BCUT2D eigenvalue weighted by Gasteiger charge is -2.13. The lowest BCUT2D eigenvalue weighted by atomic mass is 10.0. The zero-order valence-corrected chi connectivity index (χ0v) is 11.9. The van der Waals surface area contributed by atoms with Gasteiger partial charge in [-0.05, 0) is 36.3 Å². The second-order valence-electron chi connectivity index (χ2n) is 5.89. The van der Waals surface area contributed by atoms with Gasteiger partial charge in [-0.1, -0.05) is 38.1 Å². The highest BCUT2D eigenvalue weighted by Gasteiger charge is 2.48. The summed E-state index contributed by atoms with van der Waals surface area (Å²) in [6.45, 7) is 5.55. The van der Waals surface area contributed by atoms with Crippen LogP contribution in [-0.4, -0.2) is 19.0 Å². The van der Waals surface area contributed by atoms with Crippen molar-refractivity contribution < 1.29 is 4.79 Å². The molecule has 1 aromatic rings. The molecule has 1 fully saturated rings. The molecule has 1 aliphatic carbocycles. The van der Waals surface area contributed by atoms with Gasteiger partial charge in [-0.25, -0.2) is 0 Å². The van der Waals surface area contributed by atoms with E-state index in [1.165, 1.54) is 11.1 Å². The second kappa shape index (κ2) is 5.74. The monoisotopic (exact) mass is 260 g/mol. The van der Waals surface area contributed by atoms with Gasteiger partial charge >= 0.3 is 0 Å². The standard InChI is InChI=1S/C16H24N2O/c1-12(2)14-5-3-13(4-6-14)7-10-18-15(19)16(11-17)8-9-16/h3-6,12H,7-11,17H2,1-2H3,(H,18,19). The molecule has 0 atom stereocenters. The first-order chi connectivity index (χ1) is 9.07.